The molecular formula is C14H28N2O2. The number of hydrogen-bond donors (Lipinski definition) is 2. The van der Waals surface area contributed by atoms with E-state index >= 15 is 0 Å². The third kappa shape index (κ3) is 5.36. The second-order valence-corrected chi connectivity index (χ2v) is 5.35. The van der Waals surface area contributed by atoms with E-state index in [9.17, 15) is 4.79 Å². The zero-order valence-corrected chi connectivity index (χ0v) is 11.8. The van der Waals surface area contributed by atoms with Crippen molar-refractivity contribution in [2.24, 2.45) is 0 Å². The number of aliphatic hydroxyl groups excluding tert-OH is 1. The lowest BCUT2D eigenvalue weighted by Crippen LogP contribution is -2.42. The zero-order valence-electron chi connectivity index (χ0n) is 11.8. The molecule has 0 bridgehead atoms. The average Bonchev–Trinajstić information content (AvgIpc) is 2.64. The van der Waals surface area contributed by atoms with Crippen LogP contribution in [0.25, 0.3) is 0 Å². The molecule has 1 aliphatic rings. The van der Waals surface area contributed by atoms with Crippen LogP contribution in [0.5, 0.6) is 0 Å². The Labute approximate surface area is 111 Å². The van der Waals surface area contributed by atoms with Crippen molar-refractivity contribution in [3.8, 4) is 0 Å². The van der Waals surface area contributed by atoms with Crippen LogP contribution in [-0.4, -0.2) is 47.7 Å². The molecule has 1 saturated heterocycles. The van der Waals surface area contributed by atoms with E-state index in [1.54, 1.807) is 0 Å². The Morgan fingerprint density at radius 3 is 2.39 bits per heavy atom. The first kappa shape index (κ1) is 15.4. The van der Waals surface area contributed by atoms with Crippen molar-refractivity contribution in [2.45, 2.75) is 64.5 Å². The van der Waals surface area contributed by atoms with Gasteiger partial charge in [-0.25, -0.2) is 0 Å². The number of nitrogens with one attached hydrogen (secondary N) is 1. The standard InChI is InChI=1S/C14H28N2O2/c1-3-13(11-17)15-12(2)10-14(18)16-8-6-4-5-7-9-16/h12-13,15,17H,3-11H2,1-2H3. The average molecular weight is 256 g/mol. The summed E-state index contributed by atoms with van der Waals surface area (Å²) in [6.07, 6.45) is 6.21. The number of aliphatic hydroxyl groups is 1. The van der Waals surface area contributed by atoms with Crippen molar-refractivity contribution in [2.75, 3.05) is 19.7 Å². The van der Waals surface area contributed by atoms with Gasteiger partial charge >= 0.3 is 0 Å². The topological polar surface area (TPSA) is 52.6 Å². The molecular weight excluding hydrogens is 228 g/mol. The van der Waals surface area contributed by atoms with Crippen molar-refractivity contribution in [1.29, 1.82) is 0 Å². The highest BCUT2D eigenvalue weighted by molar-refractivity contribution is 5.76. The molecule has 2 N–H and O–H groups in total. The molecule has 0 radical (unpaired) electrons. The molecule has 2 unspecified atom stereocenters. The first-order valence-corrected chi connectivity index (χ1v) is 7.32. The molecule has 1 aliphatic heterocycles. The van der Waals surface area contributed by atoms with Gasteiger partial charge in [0, 0.05) is 31.6 Å². The fourth-order valence-corrected chi connectivity index (χ4v) is 2.47. The lowest BCUT2D eigenvalue weighted by atomic mass is 10.1. The maximum atomic E-state index is 12.1. The summed E-state index contributed by atoms with van der Waals surface area (Å²) in [5.41, 5.74) is 0. The molecule has 0 saturated carbocycles. The SMILES string of the molecule is CCC(CO)NC(C)CC(=O)N1CCCCCC1. The van der Waals surface area contributed by atoms with Crippen LogP contribution >= 0.6 is 0 Å². The lowest BCUT2D eigenvalue weighted by molar-refractivity contribution is -0.131. The zero-order chi connectivity index (χ0) is 13.4. The smallest absolute Gasteiger partial charge is 0.224 e. The minimum atomic E-state index is 0.108. The van der Waals surface area contributed by atoms with E-state index in [2.05, 4.69) is 5.32 Å². The number of carbonyl (C=O) groups excluding carboxylic acids is 1. The van der Waals surface area contributed by atoms with E-state index in [0.717, 1.165) is 32.4 Å². The second-order valence-electron chi connectivity index (χ2n) is 5.35. The van der Waals surface area contributed by atoms with Crippen molar-refractivity contribution in [3.05, 3.63) is 0 Å². The van der Waals surface area contributed by atoms with Crippen LogP contribution in [0.2, 0.25) is 0 Å². The Hall–Kier alpha value is -0.610. The van der Waals surface area contributed by atoms with Crippen molar-refractivity contribution < 1.29 is 9.90 Å². The van der Waals surface area contributed by atoms with Gasteiger partial charge in [-0.05, 0) is 26.2 Å². The molecule has 0 spiro atoms. The Bertz CT molecular complexity index is 234. The predicted molar refractivity (Wildman–Crippen MR) is 73.4 cm³/mol. The maximum absolute atomic E-state index is 12.1. The van der Waals surface area contributed by atoms with Gasteiger partial charge < -0.3 is 15.3 Å². The molecule has 1 rings (SSSR count). The molecule has 0 aromatic heterocycles. The van der Waals surface area contributed by atoms with Gasteiger partial charge in [0.15, 0.2) is 0 Å². The van der Waals surface area contributed by atoms with Crippen molar-refractivity contribution in [3.63, 3.8) is 0 Å². The summed E-state index contributed by atoms with van der Waals surface area (Å²) >= 11 is 0. The number of hydrogen-bond acceptors (Lipinski definition) is 3. The summed E-state index contributed by atoms with van der Waals surface area (Å²) in [5.74, 6) is 0.254. The van der Waals surface area contributed by atoms with Crippen LogP contribution < -0.4 is 5.32 Å². The quantitative estimate of drug-likeness (QED) is 0.758. The number of amides is 1. The van der Waals surface area contributed by atoms with Crippen molar-refractivity contribution >= 4 is 5.91 Å². The summed E-state index contributed by atoms with van der Waals surface area (Å²) < 4.78 is 0. The monoisotopic (exact) mass is 256 g/mol. The van der Waals surface area contributed by atoms with Gasteiger partial charge in [0.2, 0.25) is 5.91 Å². The lowest BCUT2D eigenvalue weighted by Gasteiger charge is -2.24. The van der Waals surface area contributed by atoms with Crippen LogP contribution in [0.4, 0.5) is 0 Å². The van der Waals surface area contributed by atoms with Crippen LogP contribution in [-0.2, 0) is 4.79 Å². The van der Waals surface area contributed by atoms with E-state index in [1.807, 2.05) is 18.7 Å². The van der Waals surface area contributed by atoms with Gasteiger partial charge in [0.05, 0.1) is 6.61 Å². The van der Waals surface area contributed by atoms with Crippen LogP contribution in [0.15, 0.2) is 0 Å². The molecule has 4 nitrogen and oxygen atoms in total. The molecule has 1 heterocycles. The molecule has 4 heteroatoms. The van der Waals surface area contributed by atoms with E-state index in [-0.39, 0.29) is 24.6 Å². The number of likely N-dealkylation sites (tertiary alicyclic amines) is 1. The Morgan fingerprint density at radius 1 is 1.28 bits per heavy atom. The van der Waals surface area contributed by atoms with E-state index in [0.29, 0.717) is 6.42 Å². The molecule has 0 aromatic carbocycles. The minimum Gasteiger partial charge on any atom is -0.395 e. The minimum absolute atomic E-state index is 0.108. The Balaban J connectivity index is 2.33. The van der Waals surface area contributed by atoms with Gasteiger partial charge in [-0.1, -0.05) is 19.8 Å². The highest BCUT2D eigenvalue weighted by atomic mass is 16.3. The summed E-state index contributed by atoms with van der Waals surface area (Å²) in [6.45, 7) is 6.04. The molecule has 0 aromatic rings. The summed E-state index contributed by atoms with van der Waals surface area (Å²) in [7, 11) is 0. The summed E-state index contributed by atoms with van der Waals surface area (Å²) in [6, 6.07) is 0.245. The first-order valence-electron chi connectivity index (χ1n) is 7.32. The normalized spacial score (nSPS) is 20.3. The van der Waals surface area contributed by atoms with E-state index in [4.69, 9.17) is 5.11 Å². The third-order valence-corrected chi connectivity index (χ3v) is 3.67. The number of nitrogens with zero attached hydrogens (tertiary/aromatic N) is 1. The van der Waals surface area contributed by atoms with Crippen LogP contribution in [0, 0.1) is 0 Å². The van der Waals surface area contributed by atoms with Gasteiger partial charge in [0.25, 0.3) is 0 Å². The van der Waals surface area contributed by atoms with Gasteiger partial charge in [-0.2, -0.15) is 0 Å². The fraction of sp³-hybridized carbons (Fsp3) is 0.929. The molecule has 0 aliphatic carbocycles. The van der Waals surface area contributed by atoms with Crippen molar-refractivity contribution in [1.82, 2.24) is 10.2 Å². The summed E-state index contributed by atoms with van der Waals surface area (Å²) in [4.78, 5) is 14.1. The van der Waals surface area contributed by atoms with Gasteiger partial charge in [-0.3, -0.25) is 4.79 Å². The third-order valence-electron chi connectivity index (χ3n) is 3.67. The number of carbonyl (C=O) groups is 1. The predicted octanol–water partition coefficient (Wildman–Crippen LogP) is 1.53. The van der Waals surface area contributed by atoms with Crippen LogP contribution in [0.1, 0.15) is 52.4 Å². The Morgan fingerprint density at radius 2 is 1.89 bits per heavy atom. The highest BCUT2D eigenvalue weighted by Gasteiger charge is 2.19. The second kappa shape index (κ2) is 8.48. The largest absolute Gasteiger partial charge is 0.395 e. The van der Waals surface area contributed by atoms with Gasteiger partial charge in [-0.15, -0.1) is 0 Å². The Kier molecular flexibility index (Phi) is 7.28. The molecule has 2 atom stereocenters. The molecule has 106 valence electrons. The number of rotatable bonds is 6. The molecule has 1 amide bonds. The first-order chi connectivity index (χ1) is 8.67. The fourth-order valence-electron chi connectivity index (χ4n) is 2.47. The maximum Gasteiger partial charge on any atom is 0.224 e. The summed E-state index contributed by atoms with van der Waals surface area (Å²) in [5, 5.41) is 12.4. The molecule has 1 fully saturated rings. The van der Waals surface area contributed by atoms with Crippen LogP contribution in [0.3, 0.4) is 0 Å². The highest BCUT2D eigenvalue weighted by Crippen LogP contribution is 2.11. The van der Waals surface area contributed by atoms with Gasteiger partial charge in [0.1, 0.15) is 0 Å². The van der Waals surface area contributed by atoms with E-state index in [1.165, 1.54) is 12.8 Å². The molecule has 18 heavy (non-hydrogen) atoms. The van der Waals surface area contributed by atoms with E-state index < -0.39 is 0 Å².